The normalized spacial score (nSPS) is 28.7. The van der Waals surface area contributed by atoms with Gasteiger partial charge >= 0.3 is 5.97 Å². The molecule has 0 radical (unpaired) electrons. The van der Waals surface area contributed by atoms with Crippen molar-refractivity contribution in [3.63, 3.8) is 0 Å². The summed E-state index contributed by atoms with van der Waals surface area (Å²) in [4.78, 5) is 10.1. The Bertz CT molecular complexity index is 190. The average Bonchev–Trinajstić information content (AvgIpc) is 2.82. The topological polar surface area (TPSA) is 26.3 Å². The van der Waals surface area contributed by atoms with E-state index in [-0.39, 0.29) is 5.97 Å². The molecular formula is C12H20O2. The molecule has 2 nitrogen and oxygen atoms in total. The van der Waals surface area contributed by atoms with Crippen molar-refractivity contribution in [1.82, 2.24) is 0 Å². The van der Waals surface area contributed by atoms with Gasteiger partial charge < -0.3 is 4.74 Å². The van der Waals surface area contributed by atoms with Crippen molar-refractivity contribution in [1.29, 1.82) is 0 Å². The summed E-state index contributed by atoms with van der Waals surface area (Å²) in [5.41, 5.74) is 0. The standard InChI is InChI=1S/C7H12.C5H8O2/c1-2-7-4-3-6(1)5-7;1-3-4-5(6)7-2/h6-7H,1-5H2;3-4H,1-2H3. The number of hydrogen-bond acceptors (Lipinski definition) is 2. The van der Waals surface area contributed by atoms with Crippen molar-refractivity contribution in [3.05, 3.63) is 12.2 Å². The van der Waals surface area contributed by atoms with Gasteiger partial charge in [0, 0.05) is 6.08 Å². The number of hydrogen-bond donors (Lipinski definition) is 0. The molecule has 80 valence electrons. The first-order chi connectivity index (χ1) is 6.76. The second-order valence-corrected chi connectivity index (χ2v) is 4.15. The third-order valence-corrected chi connectivity index (χ3v) is 3.14. The van der Waals surface area contributed by atoms with Crippen LogP contribution in [0.5, 0.6) is 0 Å². The Labute approximate surface area is 86.3 Å². The van der Waals surface area contributed by atoms with Crippen molar-refractivity contribution in [2.45, 2.75) is 39.0 Å². The van der Waals surface area contributed by atoms with Crippen LogP contribution in [0.3, 0.4) is 0 Å². The van der Waals surface area contributed by atoms with Crippen LogP contribution in [0.4, 0.5) is 0 Å². The van der Waals surface area contributed by atoms with E-state index in [4.69, 9.17) is 0 Å². The summed E-state index contributed by atoms with van der Waals surface area (Å²) in [6.45, 7) is 1.76. The molecule has 0 atom stereocenters. The van der Waals surface area contributed by atoms with Crippen LogP contribution in [0.25, 0.3) is 0 Å². The Morgan fingerprint density at radius 3 is 1.86 bits per heavy atom. The second kappa shape index (κ2) is 5.84. The maximum absolute atomic E-state index is 10.1. The van der Waals surface area contributed by atoms with E-state index in [1.54, 1.807) is 45.1 Å². The fourth-order valence-electron chi connectivity index (χ4n) is 2.38. The zero-order valence-corrected chi connectivity index (χ0v) is 9.16. The van der Waals surface area contributed by atoms with Gasteiger partial charge in [-0.15, -0.1) is 0 Å². The van der Waals surface area contributed by atoms with Gasteiger partial charge in [0.1, 0.15) is 0 Å². The molecule has 2 saturated carbocycles. The van der Waals surface area contributed by atoms with Crippen LogP contribution in [0.1, 0.15) is 39.0 Å². The fraction of sp³-hybridized carbons (Fsp3) is 0.750. The number of carbonyl (C=O) groups is 1. The van der Waals surface area contributed by atoms with Crippen molar-refractivity contribution < 1.29 is 9.53 Å². The number of esters is 1. The number of rotatable bonds is 1. The zero-order valence-electron chi connectivity index (χ0n) is 9.16. The molecule has 0 aromatic rings. The molecule has 14 heavy (non-hydrogen) atoms. The van der Waals surface area contributed by atoms with Gasteiger partial charge in [-0.25, -0.2) is 4.79 Å². The van der Waals surface area contributed by atoms with Gasteiger partial charge in [-0.05, 0) is 25.2 Å². The van der Waals surface area contributed by atoms with E-state index in [0.717, 1.165) is 0 Å². The Morgan fingerprint density at radius 2 is 1.71 bits per heavy atom. The van der Waals surface area contributed by atoms with Gasteiger partial charge in [0.15, 0.2) is 0 Å². The second-order valence-electron chi connectivity index (χ2n) is 4.15. The minimum Gasteiger partial charge on any atom is -0.466 e. The van der Waals surface area contributed by atoms with E-state index in [0.29, 0.717) is 0 Å². The van der Waals surface area contributed by atoms with Crippen LogP contribution in [-0.4, -0.2) is 13.1 Å². The Morgan fingerprint density at radius 1 is 1.21 bits per heavy atom. The summed E-state index contributed by atoms with van der Waals surface area (Å²) >= 11 is 0. The van der Waals surface area contributed by atoms with Crippen molar-refractivity contribution in [2.24, 2.45) is 11.8 Å². The maximum Gasteiger partial charge on any atom is 0.330 e. The van der Waals surface area contributed by atoms with E-state index in [9.17, 15) is 4.79 Å². The zero-order chi connectivity index (χ0) is 10.4. The lowest BCUT2D eigenvalue weighted by atomic mass is 10.0. The lowest BCUT2D eigenvalue weighted by molar-refractivity contribution is -0.134. The summed E-state index contributed by atoms with van der Waals surface area (Å²) in [7, 11) is 1.35. The molecule has 0 aromatic carbocycles. The predicted molar refractivity (Wildman–Crippen MR) is 56.9 cm³/mol. The number of methoxy groups -OCH3 is 1. The maximum atomic E-state index is 10.1. The average molecular weight is 196 g/mol. The molecule has 0 aromatic heterocycles. The van der Waals surface area contributed by atoms with Crippen molar-refractivity contribution >= 4 is 5.97 Å². The summed E-state index contributed by atoms with van der Waals surface area (Å²) in [5.74, 6) is 2.04. The van der Waals surface area contributed by atoms with Crippen LogP contribution in [-0.2, 0) is 9.53 Å². The van der Waals surface area contributed by atoms with Gasteiger partial charge in [0.2, 0.25) is 0 Å². The first-order valence-electron chi connectivity index (χ1n) is 5.47. The number of ether oxygens (including phenoxy) is 1. The van der Waals surface area contributed by atoms with Crippen LogP contribution in [0.2, 0.25) is 0 Å². The largest absolute Gasteiger partial charge is 0.466 e. The minimum atomic E-state index is -0.303. The van der Waals surface area contributed by atoms with Gasteiger partial charge in [-0.1, -0.05) is 31.8 Å². The molecule has 0 N–H and O–H groups in total. The molecule has 2 bridgehead atoms. The van der Waals surface area contributed by atoms with E-state index in [1.165, 1.54) is 25.0 Å². The van der Waals surface area contributed by atoms with Crippen molar-refractivity contribution in [2.75, 3.05) is 7.11 Å². The molecule has 2 rings (SSSR count). The van der Waals surface area contributed by atoms with E-state index in [2.05, 4.69) is 4.74 Å². The monoisotopic (exact) mass is 196 g/mol. The van der Waals surface area contributed by atoms with E-state index >= 15 is 0 Å². The lowest BCUT2D eigenvalue weighted by Gasteiger charge is -2.05. The molecule has 2 fully saturated rings. The third-order valence-electron chi connectivity index (χ3n) is 3.14. The highest BCUT2D eigenvalue weighted by Gasteiger charge is 2.30. The number of fused-ring (bicyclic) bond motifs is 2. The lowest BCUT2D eigenvalue weighted by Crippen LogP contribution is -1.92. The first kappa shape index (κ1) is 11.3. The van der Waals surface area contributed by atoms with Crippen LogP contribution >= 0.6 is 0 Å². The number of allylic oxidation sites excluding steroid dienone is 1. The van der Waals surface area contributed by atoms with Crippen LogP contribution in [0, 0.1) is 11.8 Å². The Kier molecular flexibility index (Phi) is 4.71. The Balaban J connectivity index is 0.000000140. The van der Waals surface area contributed by atoms with E-state index in [1.807, 2.05) is 0 Å². The van der Waals surface area contributed by atoms with Gasteiger partial charge in [0.25, 0.3) is 0 Å². The van der Waals surface area contributed by atoms with Crippen LogP contribution in [0.15, 0.2) is 12.2 Å². The fourth-order valence-corrected chi connectivity index (χ4v) is 2.38. The molecule has 2 aliphatic rings. The third kappa shape index (κ3) is 3.52. The summed E-state index contributed by atoms with van der Waals surface area (Å²) in [5, 5.41) is 0. The molecule has 0 unspecified atom stereocenters. The minimum absolute atomic E-state index is 0.303. The SMILES string of the molecule is C1CC2CCC1C2.CC=CC(=O)OC. The quantitative estimate of drug-likeness (QED) is 0.476. The molecular weight excluding hydrogens is 176 g/mol. The van der Waals surface area contributed by atoms with Gasteiger partial charge in [-0.3, -0.25) is 0 Å². The highest BCUT2D eigenvalue weighted by atomic mass is 16.5. The summed E-state index contributed by atoms with van der Waals surface area (Å²) in [6, 6.07) is 0. The van der Waals surface area contributed by atoms with Crippen LogP contribution < -0.4 is 0 Å². The highest BCUT2D eigenvalue weighted by Crippen LogP contribution is 2.43. The smallest absolute Gasteiger partial charge is 0.330 e. The molecule has 2 aliphatic carbocycles. The highest BCUT2D eigenvalue weighted by molar-refractivity contribution is 5.81. The van der Waals surface area contributed by atoms with E-state index < -0.39 is 0 Å². The number of carbonyl (C=O) groups excluding carboxylic acids is 1. The molecule has 0 saturated heterocycles. The molecule has 0 amide bonds. The summed E-state index contributed by atoms with van der Waals surface area (Å²) in [6.07, 6.45) is 10.8. The molecule has 0 heterocycles. The molecule has 2 heteroatoms. The molecule has 0 spiro atoms. The Hall–Kier alpha value is -0.790. The summed E-state index contributed by atoms with van der Waals surface area (Å²) < 4.78 is 4.26. The van der Waals surface area contributed by atoms with Crippen molar-refractivity contribution in [3.8, 4) is 0 Å². The first-order valence-corrected chi connectivity index (χ1v) is 5.47. The van der Waals surface area contributed by atoms with Gasteiger partial charge in [0.05, 0.1) is 7.11 Å². The molecule has 0 aliphatic heterocycles. The van der Waals surface area contributed by atoms with Gasteiger partial charge in [-0.2, -0.15) is 0 Å². The predicted octanol–water partition coefficient (Wildman–Crippen LogP) is 2.93.